The first-order valence-corrected chi connectivity index (χ1v) is 6.49. The van der Waals surface area contributed by atoms with Gasteiger partial charge in [0.25, 0.3) is 5.91 Å². The summed E-state index contributed by atoms with van der Waals surface area (Å²) < 4.78 is 0. The SMILES string of the molecule is CNCC(O)c1cccc(NC(=O)c2ccccc2)c1. The highest BCUT2D eigenvalue weighted by atomic mass is 16.3. The van der Waals surface area contributed by atoms with E-state index in [4.69, 9.17) is 0 Å². The van der Waals surface area contributed by atoms with Gasteiger partial charge in [0.05, 0.1) is 6.10 Å². The van der Waals surface area contributed by atoms with E-state index < -0.39 is 6.10 Å². The Kier molecular flexibility index (Phi) is 4.87. The van der Waals surface area contributed by atoms with Crippen molar-refractivity contribution in [1.29, 1.82) is 0 Å². The Hall–Kier alpha value is -2.17. The third-order valence-corrected chi connectivity index (χ3v) is 2.96. The van der Waals surface area contributed by atoms with Crippen LogP contribution in [-0.4, -0.2) is 24.6 Å². The fourth-order valence-electron chi connectivity index (χ4n) is 1.93. The molecule has 2 aromatic rings. The molecule has 0 aliphatic carbocycles. The number of benzene rings is 2. The second-order valence-corrected chi connectivity index (χ2v) is 4.52. The molecule has 0 bridgehead atoms. The van der Waals surface area contributed by atoms with E-state index in [1.165, 1.54) is 0 Å². The smallest absolute Gasteiger partial charge is 0.255 e. The van der Waals surface area contributed by atoms with Crippen molar-refractivity contribution in [1.82, 2.24) is 5.32 Å². The van der Waals surface area contributed by atoms with E-state index in [-0.39, 0.29) is 5.91 Å². The molecule has 4 nitrogen and oxygen atoms in total. The second-order valence-electron chi connectivity index (χ2n) is 4.52. The first-order chi connectivity index (χ1) is 9.70. The van der Waals surface area contributed by atoms with Crippen LogP contribution in [-0.2, 0) is 0 Å². The first-order valence-electron chi connectivity index (χ1n) is 6.49. The monoisotopic (exact) mass is 270 g/mol. The van der Waals surface area contributed by atoms with Gasteiger partial charge in [0.2, 0.25) is 0 Å². The topological polar surface area (TPSA) is 61.4 Å². The lowest BCUT2D eigenvalue weighted by Gasteiger charge is -2.12. The van der Waals surface area contributed by atoms with Crippen molar-refractivity contribution in [3.63, 3.8) is 0 Å². The van der Waals surface area contributed by atoms with Crippen LogP contribution >= 0.6 is 0 Å². The van der Waals surface area contributed by atoms with Crippen molar-refractivity contribution < 1.29 is 9.90 Å². The number of likely N-dealkylation sites (N-methyl/N-ethyl adjacent to an activating group) is 1. The first kappa shape index (κ1) is 14.2. The van der Waals surface area contributed by atoms with E-state index in [2.05, 4.69) is 10.6 Å². The molecule has 4 heteroatoms. The van der Waals surface area contributed by atoms with Crippen LogP contribution in [0.15, 0.2) is 54.6 Å². The quantitative estimate of drug-likeness (QED) is 0.780. The maximum atomic E-state index is 12.0. The molecule has 20 heavy (non-hydrogen) atoms. The number of hydrogen-bond donors (Lipinski definition) is 3. The number of amides is 1. The van der Waals surface area contributed by atoms with E-state index >= 15 is 0 Å². The fourth-order valence-corrected chi connectivity index (χ4v) is 1.93. The Morgan fingerprint density at radius 3 is 2.60 bits per heavy atom. The molecule has 3 N–H and O–H groups in total. The van der Waals surface area contributed by atoms with Crippen LogP contribution in [0, 0.1) is 0 Å². The van der Waals surface area contributed by atoms with Crippen LogP contribution in [0.1, 0.15) is 22.0 Å². The molecule has 0 aliphatic heterocycles. The Morgan fingerprint density at radius 2 is 1.90 bits per heavy atom. The average molecular weight is 270 g/mol. The maximum absolute atomic E-state index is 12.0. The van der Waals surface area contributed by atoms with Crippen molar-refractivity contribution in [2.45, 2.75) is 6.10 Å². The normalized spacial score (nSPS) is 11.9. The van der Waals surface area contributed by atoms with Crippen LogP contribution in [0.5, 0.6) is 0 Å². The number of aliphatic hydroxyl groups excluding tert-OH is 1. The number of hydrogen-bond acceptors (Lipinski definition) is 3. The van der Waals surface area contributed by atoms with Crippen molar-refractivity contribution in [3.05, 3.63) is 65.7 Å². The lowest BCUT2D eigenvalue weighted by molar-refractivity contribution is 0.102. The molecule has 0 radical (unpaired) electrons. The van der Waals surface area contributed by atoms with Gasteiger partial charge in [-0.2, -0.15) is 0 Å². The van der Waals surface area contributed by atoms with Gasteiger partial charge < -0.3 is 15.7 Å². The molecule has 0 aliphatic rings. The summed E-state index contributed by atoms with van der Waals surface area (Å²) >= 11 is 0. The molecular formula is C16H18N2O2. The summed E-state index contributed by atoms with van der Waals surface area (Å²) in [4.78, 5) is 12.0. The summed E-state index contributed by atoms with van der Waals surface area (Å²) in [6.07, 6.45) is -0.589. The molecular weight excluding hydrogens is 252 g/mol. The van der Waals surface area contributed by atoms with Crippen molar-refractivity contribution in [2.24, 2.45) is 0 Å². The van der Waals surface area contributed by atoms with E-state index in [1.807, 2.05) is 30.3 Å². The minimum atomic E-state index is -0.589. The highest BCUT2D eigenvalue weighted by Gasteiger charge is 2.09. The molecule has 0 spiro atoms. The van der Waals surface area contributed by atoms with Crippen molar-refractivity contribution >= 4 is 11.6 Å². The zero-order chi connectivity index (χ0) is 14.4. The minimum Gasteiger partial charge on any atom is -0.387 e. The van der Waals surface area contributed by atoms with Gasteiger partial charge in [0, 0.05) is 17.8 Å². The van der Waals surface area contributed by atoms with Gasteiger partial charge in [-0.05, 0) is 36.9 Å². The average Bonchev–Trinajstić information content (AvgIpc) is 2.48. The van der Waals surface area contributed by atoms with E-state index in [1.54, 1.807) is 31.3 Å². The summed E-state index contributed by atoms with van der Waals surface area (Å²) in [6.45, 7) is 0.468. The molecule has 104 valence electrons. The third-order valence-electron chi connectivity index (χ3n) is 2.96. The van der Waals surface area contributed by atoms with Crippen LogP contribution in [0.2, 0.25) is 0 Å². The van der Waals surface area contributed by atoms with E-state index in [0.717, 1.165) is 5.56 Å². The Morgan fingerprint density at radius 1 is 1.15 bits per heavy atom. The molecule has 0 saturated carbocycles. The summed E-state index contributed by atoms with van der Waals surface area (Å²) in [7, 11) is 1.78. The number of anilines is 1. The largest absolute Gasteiger partial charge is 0.387 e. The van der Waals surface area contributed by atoms with Gasteiger partial charge in [-0.25, -0.2) is 0 Å². The summed E-state index contributed by atoms with van der Waals surface area (Å²) in [5, 5.41) is 15.7. The molecule has 1 atom stereocenters. The van der Waals surface area contributed by atoms with Gasteiger partial charge in [-0.15, -0.1) is 0 Å². The van der Waals surface area contributed by atoms with Gasteiger partial charge in [0.15, 0.2) is 0 Å². The van der Waals surface area contributed by atoms with Crippen molar-refractivity contribution in [3.8, 4) is 0 Å². The number of carbonyl (C=O) groups excluding carboxylic acids is 1. The number of aliphatic hydroxyl groups is 1. The summed E-state index contributed by atoms with van der Waals surface area (Å²) in [5.41, 5.74) is 2.05. The maximum Gasteiger partial charge on any atom is 0.255 e. The predicted molar refractivity (Wildman–Crippen MR) is 79.7 cm³/mol. The Bertz CT molecular complexity index is 570. The molecule has 1 amide bonds. The fraction of sp³-hybridized carbons (Fsp3) is 0.188. The van der Waals surface area contributed by atoms with Crippen LogP contribution < -0.4 is 10.6 Å². The number of rotatable bonds is 5. The molecule has 0 aromatic heterocycles. The standard InChI is InChI=1S/C16H18N2O2/c1-17-11-15(19)13-8-5-9-14(10-13)18-16(20)12-6-3-2-4-7-12/h2-10,15,17,19H,11H2,1H3,(H,18,20). The summed E-state index contributed by atoms with van der Waals surface area (Å²) in [6, 6.07) is 16.3. The zero-order valence-electron chi connectivity index (χ0n) is 11.3. The minimum absolute atomic E-state index is 0.161. The van der Waals surface area contributed by atoms with E-state index in [0.29, 0.717) is 17.8 Å². The van der Waals surface area contributed by atoms with Gasteiger partial charge in [-0.3, -0.25) is 4.79 Å². The second kappa shape index (κ2) is 6.84. The molecule has 2 rings (SSSR count). The number of carbonyl (C=O) groups is 1. The van der Waals surface area contributed by atoms with Gasteiger partial charge >= 0.3 is 0 Å². The van der Waals surface area contributed by atoms with Crippen molar-refractivity contribution in [2.75, 3.05) is 18.9 Å². The zero-order valence-corrected chi connectivity index (χ0v) is 11.3. The van der Waals surface area contributed by atoms with Crippen LogP contribution in [0.3, 0.4) is 0 Å². The highest BCUT2D eigenvalue weighted by molar-refractivity contribution is 6.04. The summed E-state index contributed by atoms with van der Waals surface area (Å²) in [5.74, 6) is -0.161. The van der Waals surface area contributed by atoms with Gasteiger partial charge in [0.1, 0.15) is 0 Å². The predicted octanol–water partition coefficient (Wildman–Crippen LogP) is 2.19. The molecule has 2 aromatic carbocycles. The Balaban J connectivity index is 2.10. The number of nitrogens with one attached hydrogen (secondary N) is 2. The van der Waals surface area contributed by atoms with E-state index in [9.17, 15) is 9.90 Å². The van der Waals surface area contributed by atoms with Crippen LogP contribution in [0.4, 0.5) is 5.69 Å². The lowest BCUT2D eigenvalue weighted by Crippen LogP contribution is -2.17. The molecule has 0 saturated heterocycles. The third kappa shape index (κ3) is 3.66. The molecule has 1 unspecified atom stereocenters. The lowest BCUT2D eigenvalue weighted by atomic mass is 10.1. The van der Waals surface area contributed by atoms with Gasteiger partial charge in [-0.1, -0.05) is 30.3 Å². The van der Waals surface area contributed by atoms with Crippen LogP contribution in [0.25, 0.3) is 0 Å². The molecule has 0 heterocycles. The molecule has 0 fully saturated rings. The highest BCUT2D eigenvalue weighted by Crippen LogP contribution is 2.17. The Labute approximate surface area is 118 Å².